The molecule has 0 heterocycles. The van der Waals surface area contributed by atoms with Gasteiger partial charge in [-0.05, 0) is 6.92 Å². The molecule has 0 spiro atoms. The number of hydrogen-bond donors (Lipinski definition) is 1. The standard InChI is InChI=1S/C5H13NO3S/c1-5(9-3)4-6(2)10(7)8/h5H,4H2,1-3H3,(H,7,8)/t5-/m0/s1. The van der Waals surface area contributed by atoms with Gasteiger partial charge in [0, 0.05) is 20.7 Å². The largest absolute Gasteiger partial charge is 0.380 e. The molecule has 0 aromatic carbocycles. The van der Waals surface area contributed by atoms with E-state index in [9.17, 15) is 4.21 Å². The van der Waals surface area contributed by atoms with Crippen LogP contribution in [0.1, 0.15) is 6.92 Å². The summed E-state index contributed by atoms with van der Waals surface area (Å²) >= 11 is -1.88. The molecule has 0 amide bonds. The van der Waals surface area contributed by atoms with Gasteiger partial charge in [0.2, 0.25) is 11.3 Å². The summed E-state index contributed by atoms with van der Waals surface area (Å²) in [4.78, 5) is 0. The number of likely N-dealkylation sites (N-methyl/N-ethyl adjacent to an activating group) is 1. The Labute approximate surface area is 63.6 Å². The monoisotopic (exact) mass is 167 g/mol. The molecular formula is C5H13NO3S. The Morgan fingerprint density at radius 2 is 2.30 bits per heavy atom. The Kier molecular flexibility index (Phi) is 4.80. The molecule has 10 heavy (non-hydrogen) atoms. The minimum absolute atomic E-state index is 0.0129. The molecule has 1 unspecified atom stereocenters. The van der Waals surface area contributed by atoms with Crippen molar-refractivity contribution in [3.63, 3.8) is 0 Å². The topological polar surface area (TPSA) is 49.8 Å². The van der Waals surface area contributed by atoms with E-state index in [1.807, 2.05) is 6.92 Å². The third-order valence-electron chi connectivity index (χ3n) is 1.18. The van der Waals surface area contributed by atoms with Crippen LogP contribution in [0.2, 0.25) is 0 Å². The summed E-state index contributed by atoms with van der Waals surface area (Å²) in [6, 6.07) is 0. The molecule has 1 N–H and O–H groups in total. The van der Waals surface area contributed by atoms with Crippen molar-refractivity contribution >= 4 is 11.3 Å². The lowest BCUT2D eigenvalue weighted by atomic mass is 10.4. The summed E-state index contributed by atoms with van der Waals surface area (Å²) in [6.07, 6.45) is -0.0129. The SMILES string of the molecule is CO[C@@H](C)CN(C)S(=O)O. The highest BCUT2D eigenvalue weighted by Gasteiger charge is 2.08. The molecule has 0 bridgehead atoms. The maximum Gasteiger partial charge on any atom is 0.234 e. The Hall–Kier alpha value is 0.0300. The van der Waals surface area contributed by atoms with Crippen LogP contribution in [0.3, 0.4) is 0 Å². The van der Waals surface area contributed by atoms with Crippen LogP contribution >= 0.6 is 0 Å². The second-order valence-corrected chi connectivity index (χ2v) is 3.17. The zero-order valence-electron chi connectivity index (χ0n) is 6.40. The van der Waals surface area contributed by atoms with E-state index in [4.69, 9.17) is 9.29 Å². The number of ether oxygens (including phenoxy) is 1. The summed E-state index contributed by atoms with van der Waals surface area (Å²) in [6.45, 7) is 2.29. The van der Waals surface area contributed by atoms with Gasteiger partial charge >= 0.3 is 0 Å². The van der Waals surface area contributed by atoms with Gasteiger partial charge in [0.15, 0.2) is 0 Å². The molecule has 0 aliphatic heterocycles. The van der Waals surface area contributed by atoms with E-state index in [2.05, 4.69) is 0 Å². The predicted molar refractivity (Wildman–Crippen MR) is 39.9 cm³/mol. The smallest absolute Gasteiger partial charge is 0.234 e. The summed E-state index contributed by atoms with van der Waals surface area (Å²) in [5.74, 6) is 0. The minimum atomic E-state index is -1.88. The molecule has 4 nitrogen and oxygen atoms in total. The Bertz CT molecular complexity index is 119. The molecule has 2 atom stereocenters. The van der Waals surface area contributed by atoms with Crippen LogP contribution in [-0.4, -0.2) is 39.9 Å². The Balaban J connectivity index is 3.56. The summed E-state index contributed by atoms with van der Waals surface area (Å²) in [5.41, 5.74) is 0. The molecular weight excluding hydrogens is 154 g/mol. The van der Waals surface area contributed by atoms with Crippen LogP contribution in [0.4, 0.5) is 0 Å². The van der Waals surface area contributed by atoms with E-state index in [1.54, 1.807) is 14.2 Å². The average Bonchev–Trinajstić information content (AvgIpc) is 1.87. The van der Waals surface area contributed by atoms with E-state index in [1.165, 1.54) is 4.31 Å². The van der Waals surface area contributed by atoms with Crippen LogP contribution in [0.25, 0.3) is 0 Å². The fourth-order valence-electron chi connectivity index (χ4n) is 0.500. The van der Waals surface area contributed by atoms with E-state index >= 15 is 0 Å². The van der Waals surface area contributed by atoms with Crippen LogP contribution in [0.15, 0.2) is 0 Å². The van der Waals surface area contributed by atoms with E-state index in [0.717, 1.165) is 0 Å². The summed E-state index contributed by atoms with van der Waals surface area (Å²) < 4.78 is 25.0. The van der Waals surface area contributed by atoms with Gasteiger partial charge < -0.3 is 4.74 Å². The second-order valence-electron chi connectivity index (χ2n) is 2.09. The van der Waals surface area contributed by atoms with Crippen LogP contribution in [-0.2, 0) is 16.0 Å². The van der Waals surface area contributed by atoms with Crippen molar-refractivity contribution in [1.29, 1.82) is 0 Å². The molecule has 0 aliphatic carbocycles. The zero-order chi connectivity index (χ0) is 8.15. The molecule has 0 aromatic heterocycles. The Morgan fingerprint density at radius 3 is 2.60 bits per heavy atom. The van der Waals surface area contributed by atoms with E-state index in [0.29, 0.717) is 6.54 Å². The number of nitrogens with zero attached hydrogens (tertiary/aromatic N) is 1. The second kappa shape index (κ2) is 4.79. The highest BCUT2D eigenvalue weighted by atomic mass is 32.2. The van der Waals surface area contributed by atoms with Gasteiger partial charge in [-0.15, -0.1) is 0 Å². The average molecular weight is 167 g/mol. The molecule has 0 fully saturated rings. The van der Waals surface area contributed by atoms with Gasteiger partial charge in [-0.25, -0.2) is 8.51 Å². The molecule has 0 aliphatic rings. The zero-order valence-corrected chi connectivity index (χ0v) is 7.22. The maximum atomic E-state index is 10.3. The summed E-state index contributed by atoms with van der Waals surface area (Å²) in [7, 11) is 3.13. The molecule has 5 heteroatoms. The highest BCUT2D eigenvalue weighted by molar-refractivity contribution is 7.76. The van der Waals surface area contributed by atoms with Gasteiger partial charge in [0.25, 0.3) is 0 Å². The van der Waals surface area contributed by atoms with Crippen molar-refractivity contribution in [2.75, 3.05) is 20.7 Å². The lowest BCUT2D eigenvalue weighted by molar-refractivity contribution is 0.104. The fraction of sp³-hybridized carbons (Fsp3) is 1.00. The highest BCUT2D eigenvalue weighted by Crippen LogP contribution is 1.93. The molecule has 0 saturated heterocycles. The third kappa shape index (κ3) is 3.94. The number of methoxy groups -OCH3 is 1. The van der Waals surface area contributed by atoms with Crippen molar-refractivity contribution < 1.29 is 13.5 Å². The fourth-order valence-corrected chi connectivity index (χ4v) is 0.838. The normalized spacial score (nSPS) is 17.3. The van der Waals surface area contributed by atoms with Crippen LogP contribution < -0.4 is 0 Å². The quantitative estimate of drug-likeness (QED) is 0.604. The van der Waals surface area contributed by atoms with Crippen molar-refractivity contribution in [2.24, 2.45) is 0 Å². The van der Waals surface area contributed by atoms with E-state index < -0.39 is 11.3 Å². The van der Waals surface area contributed by atoms with Crippen LogP contribution in [0, 0.1) is 0 Å². The van der Waals surface area contributed by atoms with Gasteiger partial charge in [0.1, 0.15) is 0 Å². The van der Waals surface area contributed by atoms with Crippen molar-refractivity contribution in [3.8, 4) is 0 Å². The van der Waals surface area contributed by atoms with Gasteiger partial charge in [0.05, 0.1) is 6.10 Å². The van der Waals surface area contributed by atoms with E-state index in [-0.39, 0.29) is 6.10 Å². The molecule has 62 valence electrons. The third-order valence-corrected chi connectivity index (χ3v) is 1.87. The summed E-state index contributed by atoms with van der Waals surface area (Å²) in [5, 5.41) is 0. The lowest BCUT2D eigenvalue weighted by Crippen LogP contribution is -2.29. The molecule has 0 radical (unpaired) electrons. The first-order valence-corrected chi connectivity index (χ1v) is 3.99. The van der Waals surface area contributed by atoms with Crippen molar-refractivity contribution in [3.05, 3.63) is 0 Å². The molecule has 0 saturated carbocycles. The lowest BCUT2D eigenvalue weighted by Gasteiger charge is -2.15. The van der Waals surface area contributed by atoms with Gasteiger partial charge in [-0.2, -0.15) is 0 Å². The first-order valence-electron chi connectivity index (χ1n) is 2.92. The predicted octanol–water partition coefficient (Wildman–Crippen LogP) is 0.0898. The molecule has 0 rings (SSSR count). The minimum Gasteiger partial charge on any atom is -0.380 e. The van der Waals surface area contributed by atoms with Gasteiger partial charge in [-0.3, -0.25) is 4.55 Å². The van der Waals surface area contributed by atoms with Crippen molar-refractivity contribution in [1.82, 2.24) is 4.31 Å². The Morgan fingerprint density at radius 1 is 1.80 bits per heavy atom. The number of rotatable bonds is 4. The first kappa shape index (κ1) is 10.0. The number of hydrogen-bond acceptors (Lipinski definition) is 2. The maximum absolute atomic E-state index is 10.3. The first-order chi connectivity index (χ1) is 4.57. The van der Waals surface area contributed by atoms with Crippen molar-refractivity contribution in [2.45, 2.75) is 13.0 Å². The van der Waals surface area contributed by atoms with Gasteiger partial charge in [-0.1, -0.05) is 0 Å². The van der Waals surface area contributed by atoms with Crippen LogP contribution in [0.5, 0.6) is 0 Å². The molecule has 0 aromatic rings.